The van der Waals surface area contributed by atoms with Gasteiger partial charge in [-0.05, 0) is 18.4 Å². The van der Waals surface area contributed by atoms with E-state index in [1.807, 2.05) is 6.92 Å². The molecule has 0 saturated carbocycles. The number of aromatic nitrogens is 1. The van der Waals surface area contributed by atoms with Gasteiger partial charge in [0.15, 0.2) is 0 Å². The first-order valence-corrected chi connectivity index (χ1v) is 6.07. The Morgan fingerprint density at radius 3 is 2.61 bits per heavy atom. The van der Waals surface area contributed by atoms with Gasteiger partial charge in [-0.2, -0.15) is 13.2 Å². The molecule has 2 nitrogen and oxygen atoms in total. The fourth-order valence-electron chi connectivity index (χ4n) is 1.89. The summed E-state index contributed by atoms with van der Waals surface area (Å²) in [6.07, 6.45) is -0.836. The van der Waals surface area contributed by atoms with Crippen molar-refractivity contribution >= 4 is 0 Å². The molecule has 0 radical (unpaired) electrons. The first-order valence-electron chi connectivity index (χ1n) is 6.07. The Morgan fingerprint density at radius 1 is 1.39 bits per heavy atom. The Labute approximate surface area is 105 Å². The molecule has 18 heavy (non-hydrogen) atoms. The highest BCUT2D eigenvalue weighted by Gasteiger charge is 2.35. The molecule has 0 aromatic carbocycles. The van der Waals surface area contributed by atoms with E-state index in [0.717, 1.165) is 31.3 Å². The van der Waals surface area contributed by atoms with Crippen molar-refractivity contribution in [1.29, 1.82) is 0 Å². The van der Waals surface area contributed by atoms with Crippen LogP contribution in [0.15, 0.2) is 18.5 Å². The SMILES string of the molecule is CCCCC(C)C(O)c1cnccc1C(F)(F)F. The molecule has 1 aromatic heterocycles. The first-order chi connectivity index (χ1) is 8.38. The van der Waals surface area contributed by atoms with Crippen LogP contribution in [-0.2, 0) is 6.18 Å². The van der Waals surface area contributed by atoms with Crippen LogP contribution in [0.1, 0.15) is 50.3 Å². The van der Waals surface area contributed by atoms with Crippen LogP contribution in [0.2, 0.25) is 0 Å². The lowest BCUT2D eigenvalue weighted by Gasteiger charge is -2.22. The highest BCUT2D eigenvalue weighted by Crippen LogP contribution is 2.36. The average molecular weight is 261 g/mol. The number of halogens is 3. The lowest BCUT2D eigenvalue weighted by atomic mass is 9.91. The number of alkyl halides is 3. The Hall–Kier alpha value is -1.10. The van der Waals surface area contributed by atoms with E-state index in [0.29, 0.717) is 6.42 Å². The minimum Gasteiger partial charge on any atom is -0.388 e. The van der Waals surface area contributed by atoms with Crippen LogP contribution in [0, 0.1) is 5.92 Å². The zero-order chi connectivity index (χ0) is 13.8. The smallest absolute Gasteiger partial charge is 0.388 e. The summed E-state index contributed by atoms with van der Waals surface area (Å²) >= 11 is 0. The van der Waals surface area contributed by atoms with Crippen molar-refractivity contribution in [3.05, 3.63) is 29.6 Å². The number of aliphatic hydroxyl groups excluding tert-OH is 1. The summed E-state index contributed by atoms with van der Waals surface area (Å²) in [6.45, 7) is 3.76. The van der Waals surface area contributed by atoms with Gasteiger partial charge < -0.3 is 5.11 Å². The molecule has 102 valence electrons. The predicted octanol–water partition coefficient (Wildman–Crippen LogP) is 3.96. The number of rotatable bonds is 5. The molecule has 1 N–H and O–H groups in total. The molecule has 0 fully saturated rings. The number of hydrogen-bond acceptors (Lipinski definition) is 2. The molecule has 0 aliphatic carbocycles. The summed E-state index contributed by atoms with van der Waals surface area (Å²) in [6, 6.07) is 0.908. The van der Waals surface area contributed by atoms with E-state index >= 15 is 0 Å². The van der Waals surface area contributed by atoms with E-state index in [9.17, 15) is 18.3 Å². The highest BCUT2D eigenvalue weighted by molar-refractivity contribution is 5.28. The minimum absolute atomic E-state index is 0.131. The molecular formula is C13H18F3NO. The maximum atomic E-state index is 12.8. The number of pyridine rings is 1. The number of nitrogens with zero attached hydrogens (tertiary/aromatic N) is 1. The molecule has 0 saturated heterocycles. The second-order valence-corrected chi connectivity index (χ2v) is 4.53. The summed E-state index contributed by atoms with van der Waals surface area (Å²) in [5, 5.41) is 10.0. The second-order valence-electron chi connectivity index (χ2n) is 4.53. The third-order valence-electron chi connectivity index (χ3n) is 3.03. The van der Waals surface area contributed by atoms with E-state index in [4.69, 9.17) is 0 Å². The maximum absolute atomic E-state index is 12.8. The highest BCUT2D eigenvalue weighted by atomic mass is 19.4. The molecular weight excluding hydrogens is 243 g/mol. The maximum Gasteiger partial charge on any atom is 0.416 e. The van der Waals surface area contributed by atoms with Gasteiger partial charge in [-0.1, -0.05) is 26.7 Å². The molecule has 0 spiro atoms. The lowest BCUT2D eigenvalue weighted by molar-refractivity contribution is -0.139. The molecule has 0 bridgehead atoms. The van der Waals surface area contributed by atoms with Gasteiger partial charge in [0.2, 0.25) is 0 Å². The van der Waals surface area contributed by atoms with Crippen LogP contribution < -0.4 is 0 Å². The van der Waals surface area contributed by atoms with Crippen molar-refractivity contribution in [2.24, 2.45) is 5.92 Å². The van der Waals surface area contributed by atoms with Gasteiger partial charge in [-0.3, -0.25) is 4.98 Å². The molecule has 1 heterocycles. The van der Waals surface area contributed by atoms with Gasteiger partial charge >= 0.3 is 6.18 Å². The van der Waals surface area contributed by atoms with Crippen LogP contribution in [0.3, 0.4) is 0 Å². The molecule has 1 aromatic rings. The van der Waals surface area contributed by atoms with Gasteiger partial charge in [0.05, 0.1) is 11.7 Å². The quantitative estimate of drug-likeness (QED) is 0.870. The van der Waals surface area contributed by atoms with Gasteiger partial charge in [0.25, 0.3) is 0 Å². The van der Waals surface area contributed by atoms with Crippen molar-refractivity contribution in [2.75, 3.05) is 0 Å². The van der Waals surface area contributed by atoms with Crippen LogP contribution in [0.5, 0.6) is 0 Å². The van der Waals surface area contributed by atoms with Crippen LogP contribution in [0.25, 0.3) is 0 Å². The Bertz CT molecular complexity index is 379. The number of aliphatic hydroxyl groups is 1. The topological polar surface area (TPSA) is 33.1 Å². The predicted molar refractivity (Wildman–Crippen MR) is 62.9 cm³/mol. The largest absolute Gasteiger partial charge is 0.416 e. The van der Waals surface area contributed by atoms with E-state index in [1.54, 1.807) is 6.92 Å². The third-order valence-corrected chi connectivity index (χ3v) is 3.03. The van der Waals surface area contributed by atoms with Crippen molar-refractivity contribution in [3.63, 3.8) is 0 Å². The molecule has 0 aliphatic heterocycles. The van der Waals surface area contributed by atoms with Crippen molar-refractivity contribution < 1.29 is 18.3 Å². The van der Waals surface area contributed by atoms with E-state index in [-0.39, 0.29) is 11.5 Å². The molecule has 0 amide bonds. The first kappa shape index (κ1) is 15.0. The summed E-state index contributed by atoms with van der Waals surface area (Å²) in [7, 11) is 0. The van der Waals surface area contributed by atoms with Crippen molar-refractivity contribution in [1.82, 2.24) is 4.98 Å². The average Bonchev–Trinajstić information content (AvgIpc) is 2.34. The van der Waals surface area contributed by atoms with Crippen LogP contribution in [0.4, 0.5) is 13.2 Å². The summed E-state index contributed by atoms with van der Waals surface area (Å²) in [5.41, 5.74) is -0.929. The van der Waals surface area contributed by atoms with Crippen LogP contribution in [-0.4, -0.2) is 10.1 Å². The minimum atomic E-state index is -4.45. The van der Waals surface area contributed by atoms with Gasteiger partial charge in [0, 0.05) is 18.0 Å². The van der Waals surface area contributed by atoms with Crippen molar-refractivity contribution in [3.8, 4) is 0 Å². The van der Waals surface area contributed by atoms with E-state index < -0.39 is 17.8 Å². The fourth-order valence-corrected chi connectivity index (χ4v) is 1.89. The lowest BCUT2D eigenvalue weighted by Crippen LogP contribution is -2.16. The third kappa shape index (κ3) is 3.70. The Morgan fingerprint density at radius 2 is 2.06 bits per heavy atom. The molecule has 1 rings (SSSR count). The monoisotopic (exact) mass is 261 g/mol. The van der Waals surface area contributed by atoms with Crippen molar-refractivity contribution in [2.45, 2.75) is 45.4 Å². The van der Waals surface area contributed by atoms with Gasteiger partial charge in [-0.15, -0.1) is 0 Å². The summed E-state index contributed by atoms with van der Waals surface area (Å²) in [4.78, 5) is 3.68. The van der Waals surface area contributed by atoms with E-state index in [2.05, 4.69) is 4.98 Å². The zero-order valence-corrected chi connectivity index (χ0v) is 10.5. The summed E-state index contributed by atoms with van der Waals surface area (Å²) < 4.78 is 38.4. The molecule has 0 aliphatic rings. The zero-order valence-electron chi connectivity index (χ0n) is 10.5. The molecule has 2 atom stereocenters. The Balaban J connectivity index is 2.95. The standard InChI is InChI=1S/C13H18F3NO/c1-3-4-5-9(2)12(18)10-8-17-7-6-11(10)13(14,15)16/h6-9,12,18H,3-5H2,1-2H3. The number of unbranched alkanes of at least 4 members (excludes halogenated alkanes) is 1. The van der Waals surface area contributed by atoms with Crippen LogP contribution >= 0.6 is 0 Å². The Kier molecular flexibility index (Phi) is 5.14. The van der Waals surface area contributed by atoms with Gasteiger partial charge in [-0.25, -0.2) is 0 Å². The normalized spacial score (nSPS) is 15.4. The fraction of sp³-hybridized carbons (Fsp3) is 0.615. The number of hydrogen-bond donors (Lipinski definition) is 1. The second kappa shape index (κ2) is 6.18. The summed E-state index contributed by atoms with van der Waals surface area (Å²) in [5.74, 6) is -0.213. The van der Waals surface area contributed by atoms with Gasteiger partial charge in [0.1, 0.15) is 0 Å². The molecule has 2 unspecified atom stereocenters. The molecule has 5 heteroatoms. The van der Waals surface area contributed by atoms with E-state index in [1.165, 1.54) is 0 Å².